The maximum atomic E-state index is 12.9. The van der Waals surface area contributed by atoms with E-state index in [0.29, 0.717) is 12.1 Å². The normalized spacial score (nSPS) is 11.8. The summed E-state index contributed by atoms with van der Waals surface area (Å²) >= 11 is 1.62. The Morgan fingerprint density at radius 2 is 1.84 bits per heavy atom. The average molecular weight is 446 g/mol. The number of aromatic nitrogens is 3. The molecule has 162 valence electrons. The van der Waals surface area contributed by atoms with E-state index in [4.69, 9.17) is 0 Å². The van der Waals surface area contributed by atoms with Crippen LogP contribution in [0.2, 0.25) is 0 Å². The number of pyridine rings is 1. The summed E-state index contributed by atoms with van der Waals surface area (Å²) in [6, 6.07) is 19.8. The van der Waals surface area contributed by atoms with Crippen LogP contribution in [0.4, 0.5) is 5.69 Å². The molecule has 0 aliphatic heterocycles. The number of amides is 2. The standard InChI is InChI=1S/C24H23N5O2S/c1-32-15-13-22(28-24(31)21-11-8-16-4-2-3-5-19(16)27-21)23(30)26-18-9-6-17(7-10-18)20-12-14-25-29-20/h2-12,14,22H,13,15H2,1H3,(H,25,29)(H,26,30)(H,28,31). The van der Waals surface area contributed by atoms with Gasteiger partial charge in [-0.25, -0.2) is 4.98 Å². The minimum absolute atomic E-state index is 0.262. The number of benzene rings is 2. The van der Waals surface area contributed by atoms with Crippen LogP contribution in [0.15, 0.2) is 72.9 Å². The number of fused-ring (bicyclic) bond motifs is 1. The number of thioether (sulfide) groups is 1. The molecule has 1 atom stereocenters. The van der Waals surface area contributed by atoms with E-state index in [9.17, 15) is 9.59 Å². The molecule has 2 heterocycles. The van der Waals surface area contributed by atoms with Gasteiger partial charge in [0, 0.05) is 17.3 Å². The van der Waals surface area contributed by atoms with Gasteiger partial charge in [-0.3, -0.25) is 14.7 Å². The molecule has 4 aromatic rings. The molecule has 0 aliphatic carbocycles. The Kier molecular flexibility index (Phi) is 6.81. The molecule has 0 bridgehead atoms. The quantitative estimate of drug-likeness (QED) is 0.379. The number of nitrogens with one attached hydrogen (secondary N) is 3. The molecule has 0 fully saturated rings. The molecule has 0 aliphatic rings. The largest absolute Gasteiger partial charge is 0.339 e. The van der Waals surface area contributed by atoms with Crippen molar-refractivity contribution in [3.63, 3.8) is 0 Å². The highest BCUT2D eigenvalue weighted by Crippen LogP contribution is 2.19. The average Bonchev–Trinajstić information content (AvgIpc) is 3.36. The highest BCUT2D eigenvalue weighted by atomic mass is 32.2. The summed E-state index contributed by atoms with van der Waals surface area (Å²) in [7, 11) is 0. The van der Waals surface area contributed by atoms with Crippen LogP contribution < -0.4 is 10.6 Å². The predicted octanol–water partition coefficient (Wildman–Crippen LogP) is 4.12. The van der Waals surface area contributed by atoms with Gasteiger partial charge in [0.25, 0.3) is 5.91 Å². The van der Waals surface area contributed by atoms with E-state index < -0.39 is 6.04 Å². The summed E-state index contributed by atoms with van der Waals surface area (Å²) < 4.78 is 0. The fourth-order valence-corrected chi connectivity index (χ4v) is 3.78. The molecule has 3 N–H and O–H groups in total. The van der Waals surface area contributed by atoms with Crippen LogP contribution in [0.25, 0.3) is 22.2 Å². The van der Waals surface area contributed by atoms with Gasteiger partial charge >= 0.3 is 0 Å². The summed E-state index contributed by atoms with van der Waals surface area (Å²) in [5.74, 6) is 0.108. The first-order chi connectivity index (χ1) is 15.6. The molecule has 2 amide bonds. The van der Waals surface area contributed by atoms with Crippen molar-refractivity contribution in [1.82, 2.24) is 20.5 Å². The number of H-pyrrole nitrogens is 1. The second-order valence-electron chi connectivity index (χ2n) is 7.23. The maximum absolute atomic E-state index is 12.9. The maximum Gasteiger partial charge on any atom is 0.270 e. The van der Waals surface area contributed by atoms with Crippen LogP contribution in [0.3, 0.4) is 0 Å². The van der Waals surface area contributed by atoms with Gasteiger partial charge in [-0.2, -0.15) is 16.9 Å². The lowest BCUT2D eigenvalue weighted by atomic mass is 10.1. The molecule has 0 radical (unpaired) electrons. The Labute approximate surface area is 190 Å². The van der Waals surface area contributed by atoms with Gasteiger partial charge in [-0.05, 0) is 54.3 Å². The molecule has 1 unspecified atom stereocenters. The van der Waals surface area contributed by atoms with E-state index in [1.165, 1.54) is 0 Å². The lowest BCUT2D eigenvalue weighted by molar-refractivity contribution is -0.118. The lowest BCUT2D eigenvalue weighted by Gasteiger charge is -2.18. The first-order valence-electron chi connectivity index (χ1n) is 10.2. The van der Waals surface area contributed by atoms with Gasteiger partial charge < -0.3 is 10.6 Å². The predicted molar refractivity (Wildman–Crippen MR) is 129 cm³/mol. The molecule has 32 heavy (non-hydrogen) atoms. The summed E-state index contributed by atoms with van der Waals surface area (Å²) in [6.07, 6.45) is 4.17. The summed E-state index contributed by atoms with van der Waals surface area (Å²) in [5, 5.41) is 13.6. The Morgan fingerprint density at radius 1 is 1.03 bits per heavy atom. The van der Waals surface area contributed by atoms with Crippen LogP contribution in [0.1, 0.15) is 16.9 Å². The van der Waals surface area contributed by atoms with Crippen molar-refractivity contribution >= 4 is 40.2 Å². The van der Waals surface area contributed by atoms with Crippen LogP contribution in [-0.2, 0) is 4.79 Å². The molecular weight excluding hydrogens is 422 g/mol. The van der Waals surface area contributed by atoms with Crippen molar-refractivity contribution in [3.8, 4) is 11.3 Å². The number of anilines is 1. The third kappa shape index (κ3) is 5.15. The second-order valence-corrected chi connectivity index (χ2v) is 8.22. The van der Waals surface area contributed by atoms with E-state index in [1.807, 2.05) is 66.9 Å². The molecule has 4 rings (SSSR count). The Bertz CT molecular complexity index is 1210. The second kappa shape index (κ2) is 10.1. The van der Waals surface area contributed by atoms with E-state index in [-0.39, 0.29) is 17.5 Å². The number of hydrogen-bond donors (Lipinski definition) is 3. The van der Waals surface area contributed by atoms with Gasteiger partial charge in [-0.15, -0.1) is 0 Å². The number of nitrogens with zero attached hydrogens (tertiary/aromatic N) is 2. The minimum Gasteiger partial charge on any atom is -0.339 e. The van der Waals surface area contributed by atoms with Crippen LogP contribution >= 0.6 is 11.8 Å². The van der Waals surface area contributed by atoms with Crippen molar-refractivity contribution in [2.75, 3.05) is 17.3 Å². The molecule has 7 nitrogen and oxygen atoms in total. The van der Waals surface area contributed by atoms with Gasteiger partial charge in [0.1, 0.15) is 11.7 Å². The van der Waals surface area contributed by atoms with Crippen LogP contribution in [0.5, 0.6) is 0 Å². The van der Waals surface area contributed by atoms with Crippen LogP contribution in [0, 0.1) is 0 Å². The SMILES string of the molecule is CSCCC(NC(=O)c1ccc2ccccc2n1)C(=O)Nc1ccc(-c2ccn[nH]2)cc1. The zero-order valence-electron chi connectivity index (χ0n) is 17.5. The smallest absolute Gasteiger partial charge is 0.270 e. The monoisotopic (exact) mass is 445 g/mol. The molecule has 2 aromatic carbocycles. The molecular formula is C24H23N5O2S. The van der Waals surface area contributed by atoms with Gasteiger partial charge in [0.05, 0.1) is 11.2 Å². The van der Waals surface area contributed by atoms with E-state index in [0.717, 1.165) is 27.9 Å². The van der Waals surface area contributed by atoms with Crippen molar-refractivity contribution in [2.45, 2.75) is 12.5 Å². The van der Waals surface area contributed by atoms with Crippen LogP contribution in [-0.4, -0.2) is 45.0 Å². The molecule has 2 aromatic heterocycles. The van der Waals surface area contributed by atoms with Crippen molar-refractivity contribution < 1.29 is 9.59 Å². The fraction of sp³-hybridized carbons (Fsp3) is 0.167. The minimum atomic E-state index is -0.671. The highest BCUT2D eigenvalue weighted by Gasteiger charge is 2.22. The lowest BCUT2D eigenvalue weighted by Crippen LogP contribution is -2.44. The fourth-order valence-electron chi connectivity index (χ4n) is 3.31. The van der Waals surface area contributed by atoms with Gasteiger partial charge in [0.15, 0.2) is 0 Å². The Hall–Kier alpha value is -3.65. The number of carbonyl (C=O) groups is 2. The number of rotatable bonds is 8. The topological polar surface area (TPSA) is 99.8 Å². The first kappa shape index (κ1) is 21.6. The third-order valence-corrected chi connectivity index (χ3v) is 5.67. The van der Waals surface area contributed by atoms with E-state index in [2.05, 4.69) is 25.8 Å². The highest BCUT2D eigenvalue weighted by molar-refractivity contribution is 7.98. The Balaban J connectivity index is 1.45. The van der Waals surface area contributed by atoms with Gasteiger partial charge in [-0.1, -0.05) is 36.4 Å². The number of hydrogen-bond acceptors (Lipinski definition) is 5. The first-order valence-corrected chi connectivity index (χ1v) is 11.6. The number of carbonyl (C=O) groups excluding carboxylic acids is 2. The molecule has 0 saturated carbocycles. The van der Waals surface area contributed by atoms with Crippen molar-refractivity contribution in [3.05, 3.63) is 78.6 Å². The zero-order chi connectivity index (χ0) is 22.3. The summed E-state index contributed by atoms with van der Waals surface area (Å²) in [6.45, 7) is 0. The molecule has 8 heteroatoms. The van der Waals surface area contributed by atoms with Crippen molar-refractivity contribution in [1.29, 1.82) is 0 Å². The Morgan fingerprint density at radius 3 is 2.59 bits per heavy atom. The molecule has 0 spiro atoms. The number of aromatic amines is 1. The zero-order valence-corrected chi connectivity index (χ0v) is 18.4. The molecule has 0 saturated heterocycles. The third-order valence-electron chi connectivity index (χ3n) is 5.03. The van der Waals surface area contributed by atoms with Crippen molar-refractivity contribution in [2.24, 2.45) is 0 Å². The number of para-hydroxylation sites is 1. The summed E-state index contributed by atoms with van der Waals surface area (Å²) in [4.78, 5) is 30.2. The van der Waals surface area contributed by atoms with E-state index >= 15 is 0 Å². The summed E-state index contributed by atoms with van der Waals surface area (Å²) in [5.41, 5.74) is 3.55. The van der Waals surface area contributed by atoms with Gasteiger partial charge in [0.2, 0.25) is 5.91 Å². The van der Waals surface area contributed by atoms with E-state index in [1.54, 1.807) is 24.0 Å².